The second-order valence-corrected chi connectivity index (χ2v) is 17.9. The second-order valence-electron chi connectivity index (χ2n) is 13.0. The molecule has 5 atom stereocenters. The quantitative estimate of drug-likeness (QED) is 0.426. The summed E-state index contributed by atoms with van der Waals surface area (Å²) in [5.74, 6) is -0.550. The highest BCUT2D eigenvalue weighted by Gasteiger charge is 2.66. The van der Waals surface area contributed by atoms with Gasteiger partial charge in [0.05, 0.1) is 37.4 Å². The molecule has 0 aliphatic carbocycles. The molecule has 4 aliphatic heterocycles. The van der Waals surface area contributed by atoms with Gasteiger partial charge in [0.25, 0.3) is 5.91 Å². The number of aliphatic hydroxyl groups is 1. The van der Waals surface area contributed by atoms with Crippen molar-refractivity contribution in [2.45, 2.75) is 82.0 Å². The number of likely N-dealkylation sites (tertiary alicyclic amines) is 1. The van der Waals surface area contributed by atoms with E-state index in [0.29, 0.717) is 19.5 Å². The fourth-order valence-corrected chi connectivity index (χ4v) is 10.9. The van der Waals surface area contributed by atoms with Crippen molar-refractivity contribution in [3.05, 3.63) is 58.1 Å². The molecule has 9 nitrogen and oxygen atoms in total. The first-order valence-corrected chi connectivity index (χ1v) is 19.1. The Morgan fingerprint density at radius 1 is 1.12 bits per heavy atom. The van der Waals surface area contributed by atoms with E-state index in [0.717, 1.165) is 52.8 Å². The van der Waals surface area contributed by atoms with Gasteiger partial charge in [0, 0.05) is 46.7 Å². The third-order valence-corrected chi connectivity index (χ3v) is 12.9. The third-order valence-electron chi connectivity index (χ3n) is 9.89. The van der Waals surface area contributed by atoms with Crippen LogP contribution in [-0.2, 0) is 31.3 Å². The van der Waals surface area contributed by atoms with Crippen LogP contribution in [0, 0.1) is 5.92 Å². The van der Waals surface area contributed by atoms with Crippen LogP contribution in [0.1, 0.15) is 50.2 Å². The number of hydrogen-bond donors (Lipinski definition) is 2. The van der Waals surface area contributed by atoms with E-state index in [2.05, 4.69) is 15.9 Å². The van der Waals surface area contributed by atoms with E-state index in [1.165, 1.54) is 0 Å². The molecule has 2 aromatic carbocycles. The van der Waals surface area contributed by atoms with Crippen molar-refractivity contribution in [1.29, 1.82) is 0 Å². The average Bonchev–Trinajstić information content (AvgIpc) is 3.72. The van der Waals surface area contributed by atoms with Crippen LogP contribution < -0.4 is 9.80 Å². The van der Waals surface area contributed by atoms with Crippen LogP contribution in [-0.4, -0.2) is 72.7 Å². The van der Waals surface area contributed by atoms with Crippen molar-refractivity contribution in [1.82, 2.24) is 4.90 Å². The number of carbonyl (C=O) groups excluding carboxylic acids is 3. The smallest absolute Gasteiger partial charge is 0.264 e. The summed E-state index contributed by atoms with van der Waals surface area (Å²) in [5, 5.41) is 9.81. The van der Waals surface area contributed by atoms with Crippen LogP contribution >= 0.6 is 15.9 Å². The van der Waals surface area contributed by atoms with Gasteiger partial charge in [0.2, 0.25) is 11.8 Å². The molecule has 3 amide bonds. The number of carbonyl (C=O) groups is 3. The Bertz CT molecular complexity index is 1430. The van der Waals surface area contributed by atoms with Gasteiger partial charge in [-0.15, -0.1) is 0 Å². The number of ether oxygens (including phenoxy) is 1. The van der Waals surface area contributed by atoms with Crippen LogP contribution in [0.2, 0.25) is 18.6 Å². The van der Waals surface area contributed by atoms with E-state index >= 15 is 0 Å². The fraction of sp³-hybridized carbons (Fsp3) is 0.531. The first kappa shape index (κ1) is 30.5. The summed E-state index contributed by atoms with van der Waals surface area (Å²) in [4.78, 5) is 57.2. The lowest BCUT2D eigenvalue weighted by molar-refractivity contribution is -0.150. The SMILES string of the molecule is C[C@@H]1[C@@H]([Si](C)(C)O)[C@H](CC(=O)N2CCC[C@H]2CO)O[C@@]12C(=O)N(Cc1ccc(N3CCCC3=O)cc1)c1ccc(Br)cc12. The van der Waals surface area contributed by atoms with E-state index in [9.17, 15) is 24.3 Å². The van der Waals surface area contributed by atoms with Gasteiger partial charge in [-0.2, -0.15) is 0 Å². The molecule has 0 radical (unpaired) electrons. The highest BCUT2D eigenvalue weighted by Crippen LogP contribution is 2.60. The summed E-state index contributed by atoms with van der Waals surface area (Å²) in [6.45, 7) is 7.23. The maximum absolute atomic E-state index is 14.6. The number of halogens is 1. The Balaban J connectivity index is 1.32. The number of aliphatic hydroxyl groups excluding tert-OH is 1. The number of amides is 3. The average molecular weight is 671 g/mol. The summed E-state index contributed by atoms with van der Waals surface area (Å²) in [6.07, 6.45) is 2.45. The highest BCUT2D eigenvalue weighted by molar-refractivity contribution is 9.10. The van der Waals surface area contributed by atoms with Gasteiger partial charge >= 0.3 is 0 Å². The highest BCUT2D eigenvalue weighted by atomic mass is 79.9. The largest absolute Gasteiger partial charge is 0.432 e. The van der Waals surface area contributed by atoms with Gasteiger partial charge in [-0.05, 0) is 68.3 Å². The van der Waals surface area contributed by atoms with Crippen LogP contribution in [0.25, 0.3) is 0 Å². The summed E-state index contributed by atoms with van der Waals surface area (Å²) in [6, 6.07) is 13.3. The molecule has 6 rings (SSSR count). The molecule has 1 spiro atoms. The van der Waals surface area contributed by atoms with Gasteiger partial charge in [0.15, 0.2) is 13.9 Å². The molecule has 0 saturated carbocycles. The zero-order valence-corrected chi connectivity index (χ0v) is 27.5. The van der Waals surface area contributed by atoms with Crippen LogP contribution in [0.4, 0.5) is 11.4 Å². The van der Waals surface area contributed by atoms with E-state index in [-0.39, 0.29) is 48.3 Å². The molecule has 3 fully saturated rings. The number of hydrogen-bond acceptors (Lipinski definition) is 6. The van der Waals surface area contributed by atoms with Gasteiger partial charge in [-0.1, -0.05) is 35.0 Å². The van der Waals surface area contributed by atoms with Crippen LogP contribution in [0.5, 0.6) is 0 Å². The van der Waals surface area contributed by atoms with Crippen molar-refractivity contribution < 1.29 is 29.0 Å². The molecule has 3 saturated heterocycles. The third kappa shape index (κ3) is 5.16. The van der Waals surface area contributed by atoms with Gasteiger partial charge in [-0.25, -0.2) is 0 Å². The van der Waals surface area contributed by atoms with E-state index in [1.807, 2.05) is 62.5 Å². The zero-order valence-electron chi connectivity index (χ0n) is 25.0. The zero-order chi connectivity index (χ0) is 30.7. The molecule has 4 aliphatic rings. The van der Waals surface area contributed by atoms with Crippen molar-refractivity contribution in [3.63, 3.8) is 0 Å². The molecule has 4 heterocycles. The maximum atomic E-state index is 14.6. The standard InChI is InChI=1S/C32H40BrN3O6Si/c1-20-30(43(2,3)41)27(17-29(39)35-14-4-6-24(35)19-37)42-32(20)25-16-22(33)10-13-26(25)36(31(32)40)18-21-8-11-23(12-9-21)34-15-5-7-28(34)38/h8-13,16,20,24,27,30,37,41H,4-7,14-15,17-19H2,1-3H3/t20-,24+,27+,30-,32+/m1/s1. The minimum atomic E-state index is -2.92. The van der Waals surface area contributed by atoms with Gasteiger partial charge in [-0.3, -0.25) is 14.4 Å². The molecule has 0 bridgehead atoms. The minimum Gasteiger partial charge on any atom is -0.432 e. The fourth-order valence-electron chi connectivity index (χ4n) is 7.93. The van der Waals surface area contributed by atoms with Crippen molar-refractivity contribution in [2.75, 3.05) is 29.5 Å². The molecule has 2 aromatic rings. The van der Waals surface area contributed by atoms with Crippen molar-refractivity contribution in [3.8, 4) is 0 Å². The number of rotatable bonds is 7. The first-order valence-electron chi connectivity index (χ1n) is 15.3. The topological polar surface area (TPSA) is 111 Å². The first-order chi connectivity index (χ1) is 20.5. The molecule has 0 unspecified atom stereocenters. The predicted molar refractivity (Wildman–Crippen MR) is 169 cm³/mol. The molecule has 0 aromatic heterocycles. The van der Waals surface area contributed by atoms with Gasteiger partial charge in [0.1, 0.15) is 0 Å². The normalized spacial score (nSPS) is 28.9. The Kier molecular flexibility index (Phi) is 8.08. The number of nitrogens with zero attached hydrogens (tertiary/aromatic N) is 3. The Morgan fingerprint density at radius 2 is 1.86 bits per heavy atom. The van der Waals surface area contributed by atoms with Crippen LogP contribution in [0.3, 0.4) is 0 Å². The minimum absolute atomic E-state index is 0.0531. The lowest BCUT2D eigenvalue weighted by Gasteiger charge is -2.33. The van der Waals surface area contributed by atoms with E-state index in [1.54, 1.807) is 14.7 Å². The monoisotopic (exact) mass is 669 g/mol. The number of benzene rings is 2. The van der Waals surface area contributed by atoms with Crippen LogP contribution in [0.15, 0.2) is 46.9 Å². The summed E-state index contributed by atoms with van der Waals surface area (Å²) in [7, 11) is -2.92. The second kappa shape index (κ2) is 11.4. The Morgan fingerprint density at radius 3 is 2.51 bits per heavy atom. The summed E-state index contributed by atoms with van der Waals surface area (Å²) >= 11 is 3.59. The maximum Gasteiger partial charge on any atom is 0.264 e. The summed E-state index contributed by atoms with van der Waals surface area (Å²) < 4.78 is 7.64. The lowest BCUT2D eigenvalue weighted by Crippen LogP contribution is -2.46. The molecular weight excluding hydrogens is 630 g/mol. The summed E-state index contributed by atoms with van der Waals surface area (Å²) in [5.41, 5.74) is 1.57. The molecule has 43 heavy (non-hydrogen) atoms. The Hall–Kier alpha value is -2.57. The van der Waals surface area contributed by atoms with Crippen molar-refractivity contribution in [2.24, 2.45) is 5.92 Å². The predicted octanol–water partition coefficient (Wildman–Crippen LogP) is 4.29. The number of fused-ring (bicyclic) bond motifs is 2. The molecule has 2 N–H and O–H groups in total. The van der Waals surface area contributed by atoms with E-state index < -0.39 is 20.0 Å². The molecule has 11 heteroatoms. The van der Waals surface area contributed by atoms with E-state index in [4.69, 9.17) is 4.74 Å². The number of anilines is 2. The lowest BCUT2D eigenvalue weighted by atomic mass is 9.82. The molecular formula is C32H40BrN3O6Si. The Labute approximate surface area is 262 Å². The van der Waals surface area contributed by atoms with Crippen molar-refractivity contribution >= 4 is 53.3 Å². The molecule has 230 valence electrons. The van der Waals surface area contributed by atoms with Gasteiger partial charge < -0.3 is 29.3 Å².